The number of carboxylic acid groups (broad SMARTS) is 1. The number of allylic oxidation sites excluding steroid dienone is 7. The maximum Gasteiger partial charge on any atom is 0.472 e. The molecule has 0 aliphatic heterocycles. The number of phosphoric ester groups is 1. The molecule has 0 amide bonds. The number of phosphoric acid groups is 1. The number of carboxylic acids is 1. The Balaban J connectivity index is 4.53. The summed E-state index contributed by atoms with van der Waals surface area (Å²) in [7, 11) is -4.76. The Labute approximate surface area is 349 Å². The summed E-state index contributed by atoms with van der Waals surface area (Å²) in [4.78, 5) is 46.0. The first-order valence-corrected chi connectivity index (χ1v) is 23.3. The Bertz CT molecular complexity index is 1210. The van der Waals surface area contributed by atoms with Gasteiger partial charge < -0.3 is 35.4 Å². The van der Waals surface area contributed by atoms with Gasteiger partial charge in [-0.1, -0.05) is 127 Å². The molecule has 0 bridgehead atoms. The van der Waals surface area contributed by atoms with Crippen molar-refractivity contribution >= 4 is 25.7 Å². The molecule has 14 heteroatoms. The summed E-state index contributed by atoms with van der Waals surface area (Å²) in [5.41, 5.74) is 5.32. The molecule has 0 rings (SSSR count). The monoisotopic (exact) mass is 844 g/mol. The van der Waals surface area contributed by atoms with Crippen molar-refractivity contribution in [2.24, 2.45) is 5.73 Å². The summed E-state index contributed by atoms with van der Waals surface area (Å²) >= 11 is 0. The molecule has 0 saturated heterocycles. The summed E-state index contributed by atoms with van der Waals surface area (Å²) in [6.07, 6.45) is 34.8. The first kappa shape index (κ1) is 55.4. The van der Waals surface area contributed by atoms with E-state index in [9.17, 15) is 34.1 Å². The number of rotatable bonds is 40. The van der Waals surface area contributed by atoms with E-state index in [-0.39, 0.29) is 12.8 Å². The maximum atomic E-state index is 12.6. The first-order valence-electron chi connectivity index (χ1n) is 21.8. The molecular formula is C44H78NO12P. The van der Waals surface area contributed by atoms with Gasteiger partial charge in [0.25, 0.3) is 0 Å². The van der Waals surface area contributed by atoms with Crippen molar-refractivity contribution in [3.05, 3.63) is 48.6 Å². The average Bonchev–Trinajstić information content (AvgIpc) is 3.19. The van der Waals surface area contributed by atoms with E-state index in [2.05, 4.69) is 60.9 Å². The predicted molar refractivity (Wildman–Crippen MR) is 229 cm³/mol. The van der Waals surface area contributed by atoms with Gasteiger partial charge in [0.15, 0.2) is 6.10 Å². The lowest BCUT2D eigenvalue weighted by atomic mass is 10.0. The Morgan fingerprint density at radius 2 is 1.09 bits per heavy atom. The van der Waals surface area contributed by atoms with E-state index < -0.39 is 69.9 Å². The van der Waals surface area contributed by atoms with E-state index in [0.29, 0.717) is 25.7 Å². The highest BCUT2D eigenvalue weighted by atomic mass is 31.2. The van der Waals surface area contributed by atoms with Crippen LogP contribution < -0.4 is 5.73 Å². The van der Waals surface area contributed by atoms with Crippen LogP contribution in [0, 0.1) is 0 Å². The number of hydrogen-bond acceptors (Lipinski definition) is 11. The van der Waals surface area contributed by atoms with Crippen LogP contribution in [0.25, 0.3) is 0 Å². The van der Waals surface area contributed by atoms with E-state index in [0.717, 1.165) is 89.9 Å². The normalized spacial score (nSPS) is 15.3. The van der Waals surface area contributed by atoms with Gasteiger partial charge in [-0.15, -0.1) is 0 Å². The molecule has 0 aromatic heterocycles. The van der Waals surface area contributed by atoms with Gasteiger partial charge in [-0.2, -0.15) is 0 Å². The molecule has 13 nitrogen and oxygen atoms in total. The number of aliphatic hydroxyl groups is 2. The zero-order valence-electron chi connectivity index (χ0n) is 35.6. The van der Waals surface area contributed by atoms with E-state index in [4.69, 9.17) is 24.8 Å². The zero-order chi connectivity index (χ0) is 43.1. The van der Waals surface area contributed by atoms with Gasteiger partial charge in [0, 0.05) is 12.8 Å². The second kappa shape index (κ2) is 38.6. The van der Waals surface area contributed by atoms with Gasteiger partial charge in [0.2, 0.25) is 0 Å². The fourth-order valence-electron chi connectivity index (χ4n) is 5.62. The number of esters is 2. The lowest BCUT2D eigenvalue weighted by Gasteiger charge is -2.20. The van der Waals surface area contributed by atoms with Crippen molar-refractivity contribution < 1.29 is 57.7 Å². The van der Waals surface area contributed by atoms with Crippen LogP contribution in [0.1, 0.15) is 168 Å². The minimum atomic E-state index is -4.76. The number of aliphatic carboxylic acids is 1. The Hall–Kier alpha value is -2.64. The van der Waals surface area contributed by atoms with Crippen LogP contribution in [0.3, 0.4) is 0 Å². The van der Waals surface area contributed by atoms with Crippen LogP contribution in [0.2, 0.25) is 0 Å². The van der Waals surface area contributed by atoms with Gasteiger partial charge >= 0.3 is 25.7 Å². The molecule has 58 heavy (non-hydrogen) atoms. The molecule has 0 aromatic rings. The van der Waals surface area contributed by atoms with Crippen LogP contribution in [0.15, 0.2) is 48.6 Å². The van der Waals surface area contributed by atoms with Gasteiger partial charge in [0.05, 0.1) is 25.4 Å². The number of hydrogen-bond donors (Lipinski definition) is 5. The summed E-state index contributed by atoms with van der Waals surface area (Å²) in [6, 6.07) is -1.55. The fraction of sp³-hybridized carbons (Fsp3) is 0.750. The third kappa shape index (κ3) is 36.4. The molecule has 0 spiro atoms. The third-order valence-electron chi connectivity index (χ3n) is 9.25. The largest absolute Gasteiger partial charge is 0.480 e. The van der Waals surface area contributed by atoms with E-state index in [1.807, 2.05) is 6.08 Å². The van der Waals surface area contributed by atoms with Crippen LogP contribution in [0.5, 0.6) is 0 Å². The van der Waals surface area contributed by atoms with Crippen LogP contribution in [-0.2, 0) is 37.5 Å². The molecule has 1 unspecified atom stereocenters. The summed E-state index contributed by atoms with van der Waals surface area (Å²) in [5.74, 6) is -2.54. The molecule has 0 aliphatic rings. The molecule has 0 saturated carbocycles. The first-order chi connectivity index (χ1) is 27.9. The molecule has 0 aromatic carbocycles. The Morgan fingerprint density at radius 1 is 0.603 bits per heavy atom. The van der Waals surface area contributed by atoms with Crippen LogP contribution in [0.4, 0.5) is 0 Å². The highest BCUT2D eigenvalue weighted by Crippen LogP contribution is 2.43. The molecule has 6 N–H and O–H groups in total. The fourth-order valence-corrected chi connectivity index (χ4v) is 6.40. The summed E-state index contributed by atoms with van der Waals surface area (Å²) in [5, 5.41) is 29.3. The summed E-state index contributed by atoms with van der Waals surface area (Å²) < 4.78 is 32.6. The molecular weight excluding hydrogens is 765 g/mol. The lowest BCUT2D eigenvalue weighted by molar-refractivity contribution is -0.161. The van der Waals surface area contributed by atoms with Crippen molar-refractivity contribution in [1.82, 2.24) is 0 Å². The number of carbonyl (C=O) groups excluding carboxylic acids is 2. The Kier molecular flexibility index (Phi) is 36.8. The Morgan fingerprint density at radius 3 is 1.67 bits per heavy atom. The van der Waals surface area contributed by atoms with Crippen molar-refractivity contribution in [1.29, 1.82) is 0 Å². The SMILES string of the molecule is CCCCC/C=C\C/C=C\C/C=C\CCCCCCC(=O)O[C@H](COC(=O)CCCCCCC[C@@H](O)[C@H](O)C/C=C\CCCCC)COP(=O)(O)OC[C@H](N)C(=O)O. The maximum absolute atomic E-state index is 12.6. The zero-order valence-corrected chi connectivity index (χ0v) is 36.5. The van der Waals surface area contributed by atoms with Crippen molar-refractivity contribution in [2.75, 3.05) is 19.8 Å². The number of nitrogens with two attached hydrogens (primary N) is 1. The number of carbonyl (C=O) groups is 3. The second-order valence-corrected chi connectivity index (χ2v) is 16.2. The van der Waals surface area contributed by atoms with Crippen molar-refractivity contribution in [3.63, 3.8) is 0 Å². The van der Waals surface area contributed by atoms with Crippen molar-refractivity contribution in [3.8, 4) is 0 Å². The van der Waals surface area contributed by atoms with Gasteiger partial charge in [-0.25, -0.2) is 4.57 Å². The van der Waals surface area contributed by atoms with Gasteiger partial charge in [-0.3, -0.25) is 23.4 Å². The topological polar surface area (TPSA) is 212 Å². The molecule has 0 fully saturated rings. The molecule has 0 radical (unpaired) electrons. The minimum absolute atomic E-state index is 0.102. The smallest absolute Gasteiger partial charge is 0.472 e. The highest BCUT2D eigenvalue weighted by molar-refractivity contribution is 7.47. The van der Waals surface area contributed by atoms with Crippen LogP contribution in [-0.4, -0.2) is 82.3 Å². The predicted octanol–water partition coefficient (Wildman–Crippen LogP) is 9.34. The van der Waals surface area contributed by atoms with Crippen molar-refractivity contribution in [2.45, 2.75) is 192 Å². The number of unbranched alkanes of at least 4 members (excludes halogenated alkanes) is 14. The van der Waals surface area contributed by atoms with E-state index >= 15 is 0 Å². The molecule has 0 aliphatic carbocycles. The van der Waals surface area contributed by atoms with Gasteiger partial charge in [0.1, 0.15) is 12.6 Å². The average molecular weight is 844 g/mol. The number of aliphatic hydroxyl groups excluding tert-OH is 2. The highest BCUT2D eigenvalue weighted by Gasteiger charge is 2.28. The summed E-state index contributed by atoms with van der Waals surface area (Å²) in [6.45, 7) is 2.53. The van der Waals surface area contributed by atoms with E-state index in [1.165, 1.54) is 25.7 Å². The third-order valence-corrected chi connectivity index (χ3v) is 10.2. The lowest BCUT2D eigenvalue weighted by Crippen LogP contribution is -2.34. The minimum Gasteiger partial charge on any atom is -0.480 e. The molecule has 336 valence electrons. The van der Waals surface area contributed by atoms with Crippen LogP contribution >= 0.6 is 7.82 Å². The van der Waals surface area contributed by atoms with Gasteiger partial charge in [-0.05, 0) is 77.0 Å². The van der Waals surface area contributed by atoms with E-state index in [1.54, 1.807) is 0 Å². The molecule has 0 heterocycles. The standard InChI is InChI=1S/C44H78NO12P/c1-3-5-7-9-11-12-13-14-15-16-17-18-19-20-21-25-30-34-43(49)57-38(36-55-58(52,53)56-37-39(45)44(50)51)35-54-42(48)33-29-26-22-24-28-32-41(47)40(46)31-27-23-10-8-6-4-2/h11-12,14-15,17-18,23,27,38-41,46-47H,3-10,13,16,19-22,24-26,28-37,45H2,1-2H3,(H,50,51)(H,52,53)/b12-11-,15-14-,18-17-,27-23-/t38-,39+,40-,41-/m1/s1. The molecule has 5 atom stereocenters. The number of ether oxygens (including phenoxy) is 2. The quantitative estimate of drug-likeness (QED) is 0.0169. The second-order valence-electron chi connectivity index (χ2n) is 14.8.